The van der Waals surface area contributed by atoms with Crippen molar-refractivity contribution in [1.29, 1.82) is 0 Å². The van der Waals surface area contributed by atoms with Gasteiger partial charge in [0.15, 0.2) is 11.5 Å². The quantitative estimate of drug-likeness (QED) is 0.258. The van der Waals surface area contributed by atoms with Crippen LogP contribution in [0.3, 0.4) is 0 Å². The number of aliphatic hydroxyl groups is 1. The van der Waals surface area contributed by atoms with E-state index in [2.05, 4.69) is 0 Å². The van der Waals surface area contributed by atoms with Crippen molar-refractivity contribution in [2.75, 3.05) is 33.3 Å². The third-order valence-corrected chi connectivity index (χ3v) is 6.30. The van der Waals surface area contributed by atoms with Gasteiger partial charge in [0, 0.05) is 5.69 Å². The molecule has 1 atom stereocenters. The van der Waals surface area contributed by atoms with Gasteiger partial charge in [0.05, 0.1) is 45.1 Å². The predicted octanol–water partition coefficient (Wildman–Crippen LogP) is 5.14. The molecule has 1 N–H and O–H groups in total. The fraction of sp³-hybridized carbons (Fsp3) is 0.185. The van der Waals surface area contributed by atoms with E-state index in [1.54, 1.807) is 36.4 Å². The molecular weight excluding hydrogens is 505 g/mol. The number of halogens is 2. The minimum atomic E-state index is -1.14. The summed E-state index contributed by atoms with van der Waals surface area (Å²) in [5.74, 6) is -1.93. The van der Waals surface area contributed by atoms with Crippen molar-refractivity contribution in [2.24, 2.45) is 0 Å². The number of ketones is 1. The van der Waals surface area contributed by atoms with Crippen LogP contribution in [0.4, 0.5) is 10.1 Å². The first kappa shape index (κ1) is 25.8. The highest BCUT2D eigenvalue weighted by Gasteiger charge is 2.48. The van der Waals surface area contributed by atoms with Gasteiger partial charge in [0.25, 0.3) is 11.7 Å². The van der Waals surface area contributed by atoms with E-state index < -0.39 is 29.3 Å². The second-order valence-corrected chi connectivity index (χ2v) is 8.33. The molecule has 1 saturated heterocycles. The molecular formula is C27H23ClFNO7. The molecule has 1 heterocycles. The van der Waals surface area contributed by atoms with Gasteiger partial charge in [-0.25, -0.2) is 4.39 Å². The summed E-state index contributed by atoms with van der Waals surface area (Å²) in [7, 11) is 5.71. The van der Waals surface area contributed by atoms with E-state index in [1.807, 2.05) is 0 Å². The zero-order valence-electron chi connectivity index (χ0n) is 20.4. The first-order valence-corrected chi connectivity index (χ1v) is 11.3. The number of carbonyl (C=O) groups excluding carboxylic acids is 2. The second-order valence-electron chi connectivity index (χ2n) is 7.92. The van der Waals surface area contributed by atoms with E-state index in [0.29, 0.717) is 17.1 Å². The van der Waals surface area contributed by atoms with Crippen LogP contribution in [0.15, 0.2) is 60.2 Å². The van der Waals surface area contributed by atoms with Crippen LogP contribution < -0.4 is 23.8 Å². The second kappa shape index (κ2) is 10.4. The summed E-state index contributed by atoms with van der Waals surface area (Å²) in [5.41, 5.74) is 0.417. The average molecular weight is 528 g/mol. The summed E-state index contributed by atoms with van der Waals surface area (Å²) in [6, 6.07) is 12.1. The molecule has 0 radical (unpaired) electrons. The molecule has 10 heteroatoms. The molecule has 0 aromatic heterocycles. The Morgan fingerprint density at radius 3 is 2.05 bits per heavy atom. The molecule has 1 aliphatic rings. The van der Waals surface area contributed by atoms with E-state index in [0.717, 1.165) is 11.0 Å². The Bertz CT molecular complexity index is 1400. The maximum absolute atomic E-state index is 13.9. The minimum absolute atomic E-state index is 0.0908. The lowest BCUT2D eigenvalue weighted by molar-refractivity contribution is -0.132. The molecule has 37 heavy (non-hydrogen) atoms. The maximum Gasteiger partial charge on any atom is 0.300 e. The Hall–Kier alpha value is -4.24. The number of carbonyl (C=O) groups is 2. The van der Waals surface area contributed by atoms with Gasteiger partial charge in [-0.15, -0.1) is 0 Å². The van der Waals surface area contributed by atoms with Gasteiger partial charge in [0.1, 0.15) is 28.6 Å². The smallest absolute Gasteiger partial charge is 0.300 e. The SMILES string of the molecule is COc1ccc(C2/C(=C(\O)c3c(OC)cccc3OC)C(=O)C(=O)N2c2ccc(F)c(Cl)c2)cc1OC. The van der Waals surface area contributed by atoms with Gasteiger partial charge in [-0.1, -0.05) is 23.7 Å². The first-order valence-electron chi connectivity index (χ1n) is 11.0. The lowest BCUT2D eigenvalue weighted by Crippen LogP contribution is -2.29. The number of anilines is 1. The van der Waals surface area contributed by atoms with Crippen molar-refractivity contribution in [3.63, 3.8) is 0 Å². The fourth-order valence-corrected chi connectivity index (χ4v) is 4.47. The number of nitrogens with zero attached hydrogens (tertiary/aromatic N) is 1. The summed E-state index contributed by atoms with van der Waals surface area (Å²) in [6.45, 7) is 0. The zero-order chi connectivity index (χ0) is 26.9. The Kier molecular flexibility index (Phi) is 7.26. The summed E-state index contributed by atoms with van der Waals surface area (Å²) < 4.78 is 35.5. The van der Waals surface area contributed by atoms with Crippen molar-refractivity contribution < 1.29 is 38.0 Å². The number of rotatable bonds is 7. The standard InChI is InChI=1S/C27H23ClFNO7/c1-34-18-11-8-14(12-21(18)37-4)24-23(25(31)22-19(35-2)6-5-7-20(22)36-3)26(32)27(33)30(24)15-9-10-17(29)16(28)13-15/h5-13,24,31H,1-4H3/b25-23+. The van der Waals surface area contributed by atoms with E-state index >= 15 is 0 Å². The molecule has 3 aromatic rings. The number of methoxy groups -OCH3 is 4. The molecule has 1 aliphatic heterocycles. The summed E-state index contributed by atoms with van der Waals surface area (Å²) in [4.78, 5) is 28.0. The van der Waals surface area contributed by atoms with E-state index in [-0.39, 0.29) is 33.3 Å². The molecule has 4 rings (SSSR count). The van der Waals surface area contributed by atoms with Crippen LogP contribution in [0.2, 0.25) is 5.02 Å². The highest BCUT2D eigenvalue weighted by atomic mass is 35.5. The molecule has 0 saturated carbocycles. The minimum Gasteiger partial charge on any atom is -0.506 e. The van der Waals surface area contributed by atoms with Gasteiger partial charge < -0.3 is 24.1 Å². The van der Waals surface area contributed by atoms with Crippen molar-refractivity contribution in [2.45, 2.75) is 6.04 Å². The van der Waals surface area contributed by atoms with Gasteiger partial charge in [0.2, 0.25) is 0 Å². The molecule has 8 nitrogen and oxygen atoms in total. The fourth-order valence-electron chi connectivity index (χ4n) is 4.29. The van der Waals surface area contributed by atoms with Crippen LogP contribution in [-0.4, -0.2) is 45.2 Å². The number of aliphatic hydroxyl groups excluding tert-OH is 1. The Balaban J connectivity index is 2.04. The summed E-state index contributed by atoms with van der Waals surface area (Å²) in [5, 5.41) is 11.3. The number of hydrogen-bond donors (Lipinski definition) is 1. The van der Waals surface area contributed by atoms with Crippen LogP contribution in [0.1, 0.15) is 17.2 Å². The Morgan fingerprint density at radius 2 is 1.49 bits per heavy atom. The third kappa shape index (κ3) is 4.42. The molecule has 0 bridgehead atoms. The average Bonchev–Trinajstić information content (AvgIpc) is 3.18. The van der Waals surface area contributed by atoms with Gasteiger partial charge >= 0.3 is 0 Å². The molecule has 3 aromatic carbocycles. The number of hydrogen-bond acceptors (Lipinski definition) is 7. The van der Waals surface area contributed by atoms with E-state index in [9.17, 15) is 19.1 Å². The van der Waals surface area contributed by atoms with Crippen molar-refractivity contribution in [1.82, 2.24) is 0 Å². The summed E-state index contributed by atoms with van der Waals surface area (Å²) >= 11 is 6.00. The Labute approximate surface area is 217 Å². The number of ether oxygens (including phenoxy) is 4. The highest BCUT2D eigenvalue weighted by Crippen LogP contribution is 2.46. The van der Waals surface area contributed by atoms with Crippen molar-refractivity contribution in [3.8, 4) is 23.0 Å². The largest absolute Gasteiger partial charge is 0.506 e. The molecule has 0 spiro atoms. The molecule has 1 unspecified atom stereocenters. The van der Waals surface area contributed by atoms with Crippen molar-refractivity contribution >= 4 is 34.7 Å². The van der Waals surface area contributed by atoms with Gasteiger partial charge in [-0.2, -0.15) is 0 Å². The normalized spacial score (nSPS) is 16.6. The lowest BCUT2D eigenvalue weighted by Gasteiger charge is -2.26. The van der Waals surface area contributed by atoms with Crippen LogP contribution in [0, 0.1) is 5.82 Å². The van der Waals surface area contributed by atoms with E-state index in [4.69, 9.17) is 30.5 Å². The number of benzene rings is 3. The lowest BCUT2D eigenvalue weighted by atomic mass is 9.94. The van der Waals surface area contributed by atoms with Gasteiger partial charge in [-0.3, -0.25) is 14.5 Å². The van der Waals surface area contributed by atoms with Gasteiger partial charge in [-0.05, 0) is 48.0 Å². The van der Waals surface area contributed by atoms with Crippen molar-refractivity contribution in [3.05, 3.63) is 82.1 Å². The molecule has 192 valence electrons. The highest BCUT2D eigenvalue weighted by molar-refractivity contribution is 6.52. The summed E-state index contributed by atoms with van der Waals surface area (Å²) in [6.07, 6.45) is 0. The third-order valence-electron chi connectivity index (χ3n) is 6.01. The Morgan fingerprint density at radius 1 is 0.865 bits per heavy atom. The molecule has 1 fully saturated rings. The monoisotopic (exact) mass is 527 g/mol. The maximum atomic E-state index is 13.9. The van der Waals surface area contributed by atoms with Crippen LogP contribution in [0.25, 0.3) is 5.76 Å². The number of amides is 1. The van der Waals surface area contributed by atoms with Crippen LogP contribution >= 0.6 is 11.6 Å². The van der Waals surface area contributed by atoms with Crippen LogP contribution in [-0.2, 0) is 9.59 Å². The number of Topliss-reactive ketones (excluding diaryl/α,β-unsaturated/α-hetero) is 1. The van der Waals surface area contributed by atoms with E-state index in [1.165, 1.54) is 40.6 Å². The van der Waals surface area contributed by atoms with Crippen LogP contribution in [0.5, 0.6) is 23.0 Å². The predicted molar refractivity (Wildman–Crippen MR) is 135 cm³/mol. The first-order chi connectivity index (χ1) is 17.8. The zero-order valence-corrected chi connectivity index (χ0v) is 21.1. The topological polar surface area (TPSA) is 94.5 Å². The molecule has 1 amide bonds. The molecule has 0 aliphatic carbocycles.